The summed E-state index contributed by atoms with van der Waals surface area (Å²) in [4.78, 5) is 12.3. The topological polar surface area (TPSA) is 59.0 Å². The molecular formula is C16H22N4O. The van der Waals surface area contributed by atoms with Crippen LogP contribution in [0, 0.1) is 6.92 Å². The van der Waals surface area contributed by atoms with Crippen molar-refractivity contribution in [2.45, 2.75) is 26.8 Å². The first kappa shape index (κ1) is 15.1. The van der Waals surface area contributed by atoms with E-state index in [0.29, 0.717) is 12.1 Å². The molecule has 1 amide bonds. The monoisotopic (exact) mass is 286 g/mol. The molecule has 1 aromatic carbocycles. The lowest BCUT2D eigenvalue weighted by Gasteiger charge is -2.09. The summed E-state index contributed by atoms with van der Waals surface area (Å²) in [5, 5.41) is 10.4. The lowest BCUT2D eigenvalue weighted by molar-refractivity contribution is 0.0950. The van der Waals surface area contributed by atoms with Crippen molar-refractivity contribution in [2.24, 2.45) is 7.05 Å². The van der Waals surface area contributed by atoms with E-state index in [1.54, 1.807) is 4.68 Å². The van der Waals surface area contributed by atoms with E-state index in [9.17, 15) is 4.79 Å². The predicted molar refractivity (Wildman–Crippen MR) is 84.5 cm³/mol. The van der Waals surface area contributed by atoms with Crippen LogP contribution in [-0.2, 0) is 20.0 Å². The highest BCUT2D eigenvalue weighted by molar-refractivity contribution is 5.96. The summed E-state index contributed by atoms with van der Waals surface area (Å²) in [7, 11) is 3.76. The van der Waals surface area contributed by atoms with Crippen LogP contribution in [0.4, 0.5) is 5.69 Å². The number of rotatable bonds is 5. The van der Waals surface area contributed by atoms with Crippen LogP contribution in [0.5, 0.6) is 0 Å². The van der Waals surface area contributed by atoms with Crippen molar-refractivity contribution in [2.75, 3.05) is 12.4 Å². The third-order valence-corrected chi connectivity index (χ3v) is 3.53. The number of nitrogens with one attached hydrogen (secondary N) is 2. The summed E-state index contributed by atoms with van der Waals surface area (Å²) >= 11 is 0. The summed E-state index contributed by atoms with van der Waals surface area (Å²) in [6.07, 6.45) is 2.82. The van der Waals surface area contributed by atoms with Crippen molar-refractivity contribution in [1.29, 1.82) is 0 Å². The van der Waals surface area contributed by atoms with Gasteiger partial charge in [0.05, 0.1) is 5.69 Å². The Balaban J connectivity index is 2.08. The Kier molecular flexibility index (Phi) is 4.62. The molecule has 0 saturated carbocycles. The van der Waals surface area contributed by atoms with Gasteiger partial charge in [-0.3, -0.25) is 9.48 Å². The maximum atomic E-state index is 12.3. The Labute approximate surface area is 125 Å². The molecule has 1 aromatic heterocycles. The van der Waals surface area contributed by atoms with Crippen molar-refractivity contribution in [1.82, 2.24) is 15.1 Å². The highest BCUT2D eigenvalue weighted by Gasteiger charge is 2.11. The minimum Gasteiger partial charge on any atom is -0.388 e. The number of hydrogen-bond acceptors (Lipinski definition) is 3. The highest BCUT2D eigenvalue weighted by atomic mass is 16.1. The first-order chi connectivity index (χ1) is 10.0. The second-order valence-electron chi connectivity index (χ2n) is 5.09. The van der Waals surface area contributed by atoms with Gasteiger partial charge in [0.25, 0.3) is 5.91 Å². The lowest BCUT2D eigenvalue weighted by atomic mass is 10.1. The van der Waals surface area contributed by atoms with E-state index in [-0.39, 0.29) is 5.91 Å². The van der Waals surface area contributed by atoms with Crippen LogP contribution in [0.1, 0.15) is 34.1 Å². The predicted octanol–water partition coefficient (Wildman–Crippen LogP) is 2.26. The molecule has 0 aliphatic rings. The third-order valence-electron chi connectivity index (χ3n) is 3.53. The van der Waals surface area contributed by atoms with Crippen LogP contribution < -0.4 is 10.6 Å². The minimum absolute atomic E-state index is 0.0546. The fraction of sp³-hybridized carbons (Fsp3) is 0.375. The third kappa shape index (κ3) is 3.42. The smallest absolute Gasteiger partial charge is 0.251 e. The molecule has 2 rings (SSSR count). The number of aryl methyl sites for hydroxylation is 3. The van der Waals surface area contributed by atoms with Crippen LogP contribution in [0.15, 0.2) is 24.4 Å². The number of amides is 1. The number of benzene rings is 1. The molecule has 21 heavy (non-hydrogen) atoms. The molecule has 2 aromatic rings. The molecule has 0 saturated heterocycles. The second-order valence-corrected chi connectivity index (χ2v) is 5.09. The van der Waals surface area contributed by atoms with Gasteiger partial charge in [0.2, 0.25) is 0 Å². The fourth-order valence-corrected chi connectivity index (χ4v) is 2.37. The average molecular weight is 286 g/mol. The Morgan fingerprint density at radius 3 is 2.76 bits per heavy atom. The van der Waals surface area contributed by atoms with Gasteiger partial charge in [-0.15, -0.1) is 0 Å². The van der Waals surface area contributed by atoms with E-state index in [1.165, 1.54) is 0 Å². The summed E-state index contributed by atoms with van der Waals surface area (Å²) in [5.41, 5.74) is 4.76. The molecule has 112 valence electrons. The van der Waals surface area contributed by atoms with Crippen LogP contribution in [0.2, 0.25) is 0 Å². The molecule has 1 heterocycles. The van der Waals surface area contributed by atoms with E-state index >= 15 is 0 Å². The van der Waals surface area contributed by atoms with Gasteiger partial charge in [-0.05, 0) is 37.1 Å². The summed E-state index contributed by atoms with van der Waals surface area (Å²) in [6, 6.07) is 5.72. The molecule has 0 fully saturated rings. The number of hydrogen-bond donors (Lipinski definition) is 2. The number of carbonyl (C=O) groups is 1. The van der Waals surface area contributed by atoms with Crippen molar-refractivity contribution in [3.8, 4) is 0 Å². The van der Waals surface area contributed by atoms with Gasteiger partial charge in [-0.25, -0.2) is 0 Å². The highest BCUT2D eigenvalue weighted by Crippen LogP contribution is 2.15. The van der Waals surface area contributed by atoms with Crippen molar-refractivity contribution in [3.63, 3.8) is 0 Å². The Morgan fingerprint density at radius 2 is 2.14 bits per heavy atom. The molecule has 2 N–H and O–H groups in total. The minimum atomic E-state index is -0.0546. The van der Waals surface area contributed by atoms with Crippen molar-refractivity contribution >= 4 is 11.6 Å². The Bertz CT molecular complexity index is 646. The van der Waals surface area contributed by atoms with E-state index in [4.69, 9.17) is 0 Å². The van der Waals surface area contributed by atoms with Gasteiger partial charge in [0.15, 0.2) is 0 Å². The van der Waals surface area contributed by atoms with Crippen molar-refractivity contribution < 1.29 is 4.79 Å². The normalized spacial score (nSPS) is 10.5. The van der Waals surface area contributed by atoms with Gasteiger partial charge in [-0.2, -0.15) is 5.10 Å². The molecule has 0 spiro atoms. The van der Waals surface area contributed by atoms with Crippen LogP contribution in [-0.4, -0.2) is 22.7 Å². The van der Waals surface area contributed by atoms with Gasteiger partial charge in [0, 0.05) is 43.7 Å². The average Bonchev–Trinajstić information content (AvgIpc) is 2.84. The molecule has 0 atom stereocenters. The summed E-state index contributed by atoms with van der Waals surface area (Å²) < 4.78 is 1.79. The molecule has 5 nitrogen and oxygen atoms in total. The van der Waals surface area contributed by atoms with E-state index in [1.807, 2.05) is 45.4 Å². The summed E-state index contributed by atoms with van der Waals surface area (Å²) in [5.74, 6) is -0.0546. The number of aromatic nitrogens is 2. The van der Waals surface area contributed by atoms with E-state index in [2.05, 4.69) is 22.7 Å². The van der Waals surface area contributed by atoms with Gasteiger partial charge in [0.1, 0.15) is 0 Å². The molecule has 0 radical (unpaired) electrons. The number of anilines is 1. The van der Waals surface area contributed by atoms with Crippen molar-refractivity contribution in [3.05, 3.63) is 46.8 Å². The molecular weight excluding hydrogens is 264 g/mol. The standard InChI is InChI=1S/C16H22N4O/c1-5-15-12(10-20(4)19-15)9-18-16(21)14-7-6-13(17-3)8-11(14)2/h6-8,10,17H,5,9H2,1-4H3,(H,18,21). The molecule has 0 unspecified atom stereocenters. The summed E-state index contributed by atoms with van der Waals surface area (Å²) in [6.45, 7) is 4.51. The number of carbonyl (C=O) groups excluding carboxylic acids is 1. The first-order valence-corrected chi connectivity index (χ1v) is 7.13. The number of nitrogens with zero attached hydrogens (tertiary/aromatic N) is 2. The zero-order valence-corrected chi connectivity index (χ0v) is 13.0. The lowest BCUT2D eigenvalue weighted by Crippen LogP contribution is -2.24. The zero-order valence-electron chi connectivity index (χ0n) is 13.0. The molecule has 0 bridgehead atoms. The van der Waals surface area contributed by atoms with Crippen LogP contribution in [0.25, 0.3) is 0 Å². The molecule has 5 heteroatoms. The van der Waals surface area contributed by atoms with Crippen LogP contribution >= 0.6 is 0 Å². The quantitative estimate of drug-likeness (QED) is 0.886. The second kappa shape index (κ2) is 6.43. The maximum Gasteiger partial charge on any atom is 0.251 e. The van der Waals surface area contributed by atoms with Gasteiger partial charge < -0.3 is 10.6 Å². The SMILES string of the molecule is CCc1nn(C)cc1CNC(=O)c1ccc(NC)cc1C. The Morgan fingerprint density at radius 1 is 1.38 bits per heavy atom. The maximum absolute atomic E-state index is 12.3. The van der Waals surface area contributed by atoms with E-state index < -0.39 is 0 Å². The van der Waals surface area contributed by atoms with Crippen LogP contribution in [0.3, 0.4) is 0 Å². The largest absolute Gasteiger partial charge is 0.388 e. The van der Waals surface area contributed by atoms with E-state index in [0.717, 1.165) is 28.9 Å². The fourth-order valence-electron chi connectivity index (χ4n) is 2.37. The Hall–Kier alpha value is -2.30. The van der Waals surface area contributed by atoms with Gasteiger partial charge in [-0.1, -0.05) is 6.92 Å². The zero-order chi connectivity index (χ0) is 15.4. The first-order valence-electron chi connectivity index (χ1n) is 7.13. The molecule has 0 aliphatic carbocycles. The molecule has 0 aliphatic heterocycles. The van der Waals surface area contributed by atoms with Gasteiger partial charge >= 0.3 is 0 Å².